The van der Waals surface area contributed by atoms with Gasteiger partial charge in [-0.1, -0.05) is 12.5 Å². The maximum Gasteiger partial charge on any atom is 0.422 e. The molecular formula is C20H31F3IN3O3. The number of hydrogen-bond acceptors (Lipinski definition) is 4. The first-order valence-corrected chi connectivity index (χ1v) is 9.61. The fourth-order valence-corrected chi connectivity index (χ4v) is 3.29. The van der Waals surface area contributed by atoms with Gasteiger partial charge in [0.05, 0.1) is 7.11 Å². The van der Waals surface area contributed by atoms with Crippen molar-refractivity contribution >= 4 is 29.9 Å². The van der Waals surface area contributed by atoms with Gasteiger partial charge in [-0.3, -0.25) is 4.99 Å². The summed E-state index contributed by atoms with van der Waals surface area (Å²) in [6.45, 7) is 0.656. The normalized spacial score (nSPS) is 15.6. The molecule has 172 valence electrons. The van der Waals surface area contributed by atoms with Gasteiger partial charge >= 0.3 is 6.18 Å². The van der Waals surface area contributed by atoms with Gasteiger partial charge in [-0.05, 0) is 42.4 Å². The molecule has 0 radical (unpaired) electrons. The summed E-state index contributed by atoms with van der Waals surface area (Å²) in [6.07, 6.45) is 0.211. The van der Waals surface area contributed by atoms with Crippen LogP contribution in [0.1, 0.15) is 31.2 Å². The van der Waals surface area contributed by atoms with Gasteiger partial charge in [0.15, 0.2) is 24.1 Å². The van der Waals surface area contributed by atoms with Crippen LogP contribution < -0.4 is 20.1 Å². The second-order valence-corrected chi connectivity index (χ2v) is 7.26. The van der Waals surface area contributed by atoms with Gasteiger partial charge in [-0.2, -0.15) is 13.2 Å². The lowest BCUT2D eigenvalue weighted by molar-refractivity contribution is -0.153. The highest BCUT2D eigenvalue weighted by molar-refractivity contribution is 14.0. The number of hydrogen-bond donors (Lipinski definition) is 2. The Hall–Kier alpha value is -1.43. The predicted octanol–water partition coefficient (Wildman–Crippen LogP) is 4.13. The molecular weight excluding hydrogens is 514 g/mol. The molecule has 0 aromatic heterocycles. The first-order valence-electron chi connectivity index (χ1n) is 9.61. The second-order valence-electron chi connectivity index (χ2n) is 7.26. The number of aliphatic imine (C=N–C) groups is 1. The van der Waals surface area contributed by atoms with Crippen molar-refractivity contribution in [1.82, 2.24) is 10.6 Å². The number of methoxy groups -OCH3 is 2. The Labute approximate surface area is 193 Å². The van der Waals surface area contributed by atoms with E-state index < -0.39 is 12.8 Å². The fraction of sp³-hybridized carbons (Fsp3) is 0.650. The van der Waals surface area contributed by atoms with Crippen molar-refractivity contribution in [3.8, 4) is 11.5 Å². The average molecular weight is 545 g/mol. The largest absolute Gasteiger partial charge is 0.493 e. The van der Waals surface area contributed by atoms with Gasteiger partial charge in [0.25, 0.3) is 0 Å². The smallest absolute Gasteiger partial charge is 0.422 e. The zero-order valence-electron chi connectivity index (χ0n) is 17.6. The Balaban J connectivity index is 0.00000450. The molecule has 0 amide bonds. The van der Waals surface area contributed by atoms with E-state index in [0.717, 1.165) is 25.1 Å². The monoisotopic (exact) mass is 545 g/mol. The summed E-state index contributed by atoms with van der Waals surface area (Å²) < 4.78 is 52.3. The van der Waals surface area contributed by atoms with Gasteiger partial charge in [-0.25, -0.2) is 0 Å². The first-order chi connectivity index (χ1) is 13.8. The summed E-state index contributed by atoms with van der Waals surface area (Å²) in [4.78, 5) is 4.24. The van der Waals surface area contributed by atoms with E-state index in [2.05, 4.69) is 15.6 Å². The standard InChI is InChI=1S/C20H30F3N3O3.HI/c1-24-18(26-13-19(7-4-8-19)9-10-27-2)25-12-15-5-6-16(17(11-15)28-3)29-14-20(21,22)23;/h5-6,11H,4,7-10,12-14H2,1-3H3,(H2,24,25,26);1H. The van der Waals surface area contributed by atoms with Crippen molar-refractivity contribution in [2.75, 3.05) is 41.0 Å². The molecule has 0 aliphatic heterocycles. The molecule has 0 bridgehead atoms. The van der Waals surface area contributed by atoms with Crippen LogP contribution in [0.5, 0.6) is 11.5 Å². The summed E-state index contributed by atoms with van der Waals surface area (Å²) in [5.41, 5.74) is 1.09. The number of benzene rings is 1. The molecule has 2 N–H and O–H groups in total. The van der Waals surface area contributed by atoms with E-state index in [-0.39, 0.29) is 40.9 Å². The molecule has 0 spiro atoms. The van der Waals surface area contributed by atoms with Crippen LogP contribution in [-0.4, -0.2) is 53.2 Å². The molecule has 1 aliphatic rings. The van der Waals surface area contributed by atoms with Gasteiger partial charge in [0, 0.05) is 33.9 Å². The van der Waals surface area contributed by atoms with Gasteiger partial charge in [0.2, 0.25) is 0 Å². The van der Waals surface area contributed by atoms with Crippen LogP contribution in [0.3, 0.4) is 0 Å². The van der Waals surface area contributed by atoms with E-state index in [0.29, 0.717) is 12.5 Å². The second kappa shape index (κ2) is 12.4. The minimum Gasteiger partial charge on any atom is -0.493 e. The van der Waals surface area contributed by atoms with Crippen LogP contribution in [-0.2, 0) is 11.3 Å². The Bertz CT molecular complexity index is 683. The van der Waals surface area contributed by atoms with Crippen LogP contribution in [0, 0.1) is 5.41 Å². The van der Waals surface area contributed by atoms with Crippen LogP contribution >= 0.6 is 24.0 Å². The van der Waals surface area contributed by atoms with Gasteiger partial charge < -0.3 is 24.8 Å². The molecule has 1 aromatic carbocycles. The maximum absolute atomic E-state index is 12.4. The van der Waals surface area contributed by atoms with E-state index >= 15 is 0 Å². The number of nitrogens with zero attached hydrogens (tertiary/aromatic N) is 1. The lowest BCUT2D eigenvalue weighted by Crippen LogP contribution is -2.46. The third-order valence-corrected chi connectivity index (χ3v) is 5.18. The highest BCUT2D eigenvalue weighted by Crippen LogP contribution is 2.43. The number of guanidine groups is 1. The van der Waals surface area contributed by atoms with E-state index in [4.69, 9.17) is 14.2 Å². The first kappa shape index (κ1) is 26.6. The number of rotatable bonds is 10. The van der Waals surface area contributed by atoms with Crippen molar-refractivity contribution < 1.29 is 27.4 Å². The van der Waals surface area contributed by atoms with Gasteiger partial charge in [-0.15, -0.1) is 24.0 Å². The van der Waals surface area contributed by atoms with Crippen molar-refractivity contribution in [2.24, 2.45) is 10.4 Å². The zero-order valence-corrected chi connectivity index (χ0v) is 19.9. The molecule has 2 rings (SSSR count). The zero-order chi connectivity index (χ0) is 21.3. The molecule has 1 aromatic rings. The number of nitrogens with one attached hydrogen (secondary N) is 2. The SMILES string of the molecule is CN=C(NCc1ccc(OCC(F)(F)F)c(OC)c1)NCC1(CCOC)CCC1.I. The lowest BCUT2D eigenvalue weighted by atomic mass is 9.67. The van der Waals surface area contributed by atoms with Crippen molar-refractivity contribution in [3.63, 3.8) is 0 Å². The van der Waals surface area contributed by atoms with Gasteiger partial charge in [0.1, 0.15) is 0 Å². The highest BCUT2D eigenvalue weighted by Gasteiger charge is 2.36. The average Bonchev–Trinajstić information content (AvgIpc) is 2.67. The van der Waals surface area contributed by atoms with E-state index in [1.807, 2.05) is 0 Å². The summed E-state index contributed by atoms with van der Waals surface area (Å²) in [5.74, 6) is 0.982. The lowest BCUT2D eigenvalue weighted by Gasteiger charge is -2.42. The molecule has 0 atom stereocenters. The molecule has 6 nitrogen and oxygen atoms in total. The topological polar surface area (TPSA) is 64.1 Å². The van der Waals surface area contributed by atoms with E-state index in [1.54, 1.807) is 26.3 Å². The Morgan fingerprint density at radius 3 is 2.43 bits per heavy atom. The van der Waals surface area contributed by atoms with Crippen molar-refractivity contribution in [1.29, 1.82) is 0 Å². The number of alkyl halides is 3. The van der Waals surface area contributed by atoms with Crippen molar-refractivity contribution in [3.05, 3.63) is 23.8 Å². The van der Waals surface area contributed by atoms with Crippen LogP contribution in [0.25, 0.3) is 0 Å². The molecule has 0 heterocycles. The molecule has 0 saturated heterocycles. The summed E-state index contributed by atoms with van der Waals surface area (Å²) in [6, 6.07) is 4.82. The third-order valence-electron chi connectivity index (χ3n) is 5.18. The quantitative estimate of drug-likeness (QED) is 0.263. The maximum atomic E-state index is 12.4. The van der Waals surface area contributed by atoms with Crippen LogP contribution in [0.4, 0.5) is 13.2 Å². The van der Waals surface area contributed by atoms with E-state index in [1.165, 1.54) is 32.4 Å². The summed E-state index contributed by atoms with van der Waals surface area (Å²) >= 11 is 0. The van der Waals surface area contributed by atoms with E-state index in [9.17, 15) is 13.2 Å². The van der Waals surface area contributed by atoms with Crippen LogP contribution in [0.15, 0.2) is 23.2 Å². The summed E-state index contributed by atoms with van der Waals surface area (Å²) in [7, 11) is 4.81. The third kappa shape index (κ3) is 8.37. The fourth-order valence-electron chi connectivity index (χ4n) is 3.29. The minimum atomic E-state index is -4.40. The highest BCUT2D eigenvalue weighted by atomic mass is 127. The van der Waals surface area contributed by atoms with Crippen LogP contribution in [0.2, 0.25) is 0 Å². The number of halogens is 4. The summed E-state index contributed by atoms with van der Waals surface area (Å²) in [5, 5.41) is 6.59. The molecule has 0 unspecified atom stereocenters. The molecule has 10 heteroatoms. The Morgan fingerprint density at radius 1 is 1.17 bits per heavy atom. The number of ether oxygens (including phenoxy) is 3. The molecule has 1 saturated carbocycles. The predicted molar refractivity (Wildman–Crippen MR) is 121 cm³/mol. The molecule has 1 aliphatic carbocycles. The Kier molecular flexibility index (Phi) is 11.0. The Morgan fingerprint density at radius 2 is 1.90 bits per heavy atom. The minimum absolute atomic E-state index is 0. The molecule has 30 heavy (non-hydrogen) atoms. The van der Waals surface area contributed by atoms with Crippen molar-refractivity contribution in [2.45, 2.75) is 38.4 Å². The molecule has 1 fully saturated rings.